The highest BCUT2D eigenvalue weighted by atomic mass is 127. The van der Waals surface area contributed by atoms with Gasteiger partial charge in [-0.25, -0.2) is 0 Å². The molecule has 0 radical (unpaired) electrons. The monoisotopic (exact) mass is 420 g/mol. The lowest BCUT2D eigenvalue weighted by Gasteiger charge is -2.27. The first-order chi connectivity index (χ1) is 10.6. The molecule has 3 nitrogen and oxygen atoms in total. The molecule has 0 spiro atoms. The number of aliphatic hydroxyl groups is 1. The standard InChI is InChI=1S/C18H29IO3/c1-2-16-14-12-15(19)18(21)13(14)10-8-6-4-3-5-7-9-11-17(20)22-16/h8,10,13-16,18,21H,2-7,9,11-12H2,1H3. The van der Waals surface area contributed by atoms with E-state index in [4.69, 9.17) is 4.74 Å². The van der Waals surface area contributed by atoms with Crippen LogP contribution in [0.3, 0.4) is 0 Å². The number of alkyl halides is 1. The molecule has 4 heteroatoms. The van der Waals surface area contributed by atoms with E-state index < -0.39 is 0 Å². The number of hydrogen-bond acceptors (Lipinski definition) is 3. The Morgan fingerprint density at radius 1 is 1.27 bits per heavy atom. The number of allylic oxidation sites excluding steroid dienone is 1. The molecular weight excluding hydrogens is 391 g/mol. The Balaban J connectivity index is 2.12. The fourth-order valence-electron chi connectivity index (χ4n) is 3.72. The molecule has 22 heavy (non-hydrogen) atoms. The average Bonchev–Trinajstić information content (AvgIpc) is 2.78. The number of ether oxygens (including phenoxy) is 1. The Morgan fingerprint density at radius 2 is 2.00 bits per heavy atom. The topological polar surface area (TPSA) is 46.5 Å². The fraction of sp³-hybridized carbons (Fsp3) is 0.833. The van der Waals surface area contributed by atoms with Crippen LogP contribution in [-0.2, 0) is 9.53 Å². The minimum Gasteiger partial charge on any atom is -0.462 e. The number of fused-ring (bicyclic) bond motifs is 1. The first-order valence-electron chi connectivity index (χ1n) is 8.81. The maximum atomic E-state index is 12.1. The molecule has 0 bridgehead atoms. The lowest BCUT2D eigenvalue weighted by atomic mass is 9.87. The summed E-state index contributed by atoms with van der Waals surface area (Å²) < 4.78 is 6.02. The van der Waals surface area contributed by atoms with Crippen LogP contribution in [0.25, 0.3) is 0 Å². The molecule has 126 valence electrons. The quantitative estimate of drug-likeness (QED) is 0.296. The molecule has 0 aromatic rings. The minimum atomic E-state index is -0.317. The van der Waals surface area contributed by atoms with E-state index in [2.05, 4.69) is 41.7 Å². The third-order valence-corrected chi connectivity index (χ3v) is 6.27. The van der Waals surface area contributed by atoms with Crippen molar-refractivity contribution in [2.24, 2.45) is 11.8 Å². The predicted octanol–water partition coefficient (Wildman–Crippen LogP) is 4.41. The van der Waals surface area contributed by atoms with Gasteiger partial charge in [0.25, 0.3) is 0 Å². The van der Waals surface area contributed by atoms with Crippen LogP contribution in [0.4, 0.5) is 0 Å². The molecule has 5 atom stereocenters. The van der Waals surface area contributed by atoms with Gasteiger partial charge >= 0.3 is 5.97 Å². The van der Waals surface area contributed by atoms with Gasteiger partial charge in [-0.3, -0.25) is 4.79 Å². The first-order valence-corrected chi connectivity index (χ1v) is 10.1. The van der Waals surface area contributed by atoms with Crippen molar-refractivity contribution in [1.82, 2.24) is 0 Å². The molecule has 1 saturated carbocycles. The van der Waals surface area contributed by atoms with Gasteiger partial charge < -0.3 is 9.84 Å². The Bertz CT molecular complexity index is 383. The average molecular weight is 420 g/mol. The molecule has 1 fully saturated rings. The van der Waals surface area contributed by atoms with Crippen molar-refractivity contribution in [3.8, 4) is 0 Å². The molecule has 1 N–H and O–H groups in total. The summed E-state index contributed by atoms with van der Waals surface area (Å²) in [5.41, 5.74) is 0. The van der Waals surface area contributed by atoms with Crippen LogP contribution in [0.15, 0.2) is 12.2 Å². The van der Waals surface area contributed by atoms with E-state index >= 15 is 0 Å². The zero-order valence-corrected chi connectivity index (χ0v) is 15.7. The Hall–Kier alpha value is -0.100. The summed E-state index contributed by atoms with van der Waals surface area (Å²) in [4.78, 5) is 12.1. The van der Waals surface area contributed by atoms with E-state index in [0.717, 1.165) is 32.1 Å². The Labute approximate surface area is 148 Å². The maximum Gasteiger partial charge on any atom is 0.306 e. The van der Waals surface area contributed by atoms with Crippen LogP contribution in [-0.4, -0.2) is 27.2 Å². The highest BCUT2D eigenvalue weighted by Gasteiger charge is 2.44. The molecule has 1 aliphatic heterocycles. The van der Waals surface area contributed by atoms with Crippen LogP contribution in [0.1, 0.15) is 64.7 Å². The lowest BCUT2D eigenvalue weighted by molar-refractivity contribution is -0.153. The van der Waals surface area contributed by atoms with E-state index in [0.29, 0.717) is 6.42 Å². The second-order valence-corrected chi connectivity index (χ2v) is 8.25. The number of cyclic esters (lactones) is 1. The molecule has 2 aliphatic rings. The number of hydrogen-bond donors (Lipinski definition) is 1. The first kappa shape index (κ1) is 18.2. The maximum absolute atomic E-state index is 12.1. The third-order valence-electron chi connectivity index (χ3n) is 5.03. The SMILES string of the molecule is CCC1OC(=O)CCCCCCCC=CC2C(O)C(I)CC12. The smallest absolute Gasteiger partial charge is 0.306 e. The summed E-state index contributed by atoms with van der Waals surface area (Å²) in [5, 5.41) is 10.5. The van der Waals surface area contributed by atoms with E-state index in [1.54, 1.807) is 0 Å². The fourth-order valence-corrected chi connectivity index (χ4v) is 4.79. The molecule has 0 aromatic heterocycles. The van der Waals surface area contributed by atoms with Crippen molar-refractivity contribution in [2.45, 2.75) is 80.8 Å². The Kier molecular flexibility index (Phi) is 7.68. The van der Waals surface area contributed by atoms with Crippen molar-refractivity contribution >= 4 is 28.6 Å². The van der Waals surface area contributed by atoms with E-state index in [1.807, 2.05) is 0 Å². The number of carbonyl (C=O) groups is 1. The largest absolute Gasteiger partial charge is 0.462 e. The lowest BCUT2D eigenvalue weighted by Crippen LogP contribution is -2.31. The van der Waals surface area contributed by atoms with Gasteiger partial charge in [-0.1, -0.05) is 60.9 Å². The Morgan fingerprint density at radius 3 is 2.77 bits per heavy atom. The van der Waals surface area contributed by atoms with E-state index in [-0.39, 0.29) is 33.9 Å². The van der Waals surface area contributed by atoms with Gasteiger partial charge in [-0.15, -0.1) is 0 Å². The summed E-state index contributed by atoms with van der Waals surface area (Å²) >= 11 is 2.34. The predicted molar refractivity (Wildman–Crippen MR) is 97.0 cm³/mol. The number of carbonyl (C=O) groups excluding carboxylic acids is 1. The van der Waals surface area contributed by atoms with Gasteiger partial charge in [0.2, 0.25) is 0 Å². The van der Waals surface area contributed by atoms with Gasteiger partial charge in [0.15, 0.2) is 0 Å². The van der Waals surface area contributed by atoms with Crippen molar-refractivity contribution in [3.05, 3.63) is 12.2 Å². The van der Waals surface area contributed by atoms with Crippen LogP contribution in [0.2, 0.25) is 0 Å². The van der Waals surface area contributed by atoms with E-state index in [1.165, 1.54) is 19.3 Å². The summed E-state index contributed by atoms with van der Waals surface area (Å²) in [6.45, 7) is 2.08. The van der Waals surface area contributed by atoms with Crippen molar-refractivity contribution in [2.75, 3.05) is 0 Å². The second-order valence-electron chi connectivity index (χ2n) is 6.65. The van der Waals surface area contributed by atoms with Gasteiger partial charge in [0.1, 0.15) is 6.10 Å². The van der Waals surface area contributed by atoms with Crippen molar-refractivity contribution in [3.63, 3.8) is 0 Å². The molecule has 0 aromatic carbocycles. The molecule has 1 heterocycles. The van der Waals surface area contributed by atoms with E-state index in [9.17, 15) is 9.90 Å². The molecule has 5 unspecified atom stereocenters. The zero-order chi connectivity index (χ0) is 15.9. The molecular formula is C18H29IO3. The van der Waals surface area contributed by atoms with Crippen LogP contribution in [0.5, 0.6) is 0 Å². The van der Waals surface area contributed by atoms with Crippen molar-refractivity contribution in [1.29, 1.82) is 0 Å². The van der Waals surface area contributed by atoms with Crippen molar-refractivity contribution < 1.29 is 14.6 Å². The van der Waals surface area contributed by atoms with Gasteiger partial charge in [-0.2, -0.15) is 0 Å². The number of halogens is 1. The molecule has 1 aliphatic carbocycles. The molecule has 2 rings (SSSR count). The summed E-state index contributed by atoms with van der Waals surface area (Å²) in [5.74, 6) is 0.325. The summed E-state index contributed by atoms with van der Waals surface area (Å²) in [7, 11) is 0. The second kappa shape index (κ2) is 9.26. The van der Waals surface area contributed by atoms with Gasteiger partial charge in [0, 0.05) is 22.2 Å². The highest BCUT2D eigenvalue weighted by Crippen LogP contribution is 2.41. The normalized spacial score (nSPS) is 38.1. The van der Waals surface area contributed by atoms with Crippen LogP contribution in [0, 0.1) is 11.8 Å². The van der Waals surface area contributed by atoms with Gasteiger partial charge in [0.05, 0.1) is 6.10 Å². The number of rotatable bonds is 1. The van der Waals surface area contributed by atoms with Gasteiger partial charge in [-0.05, 0) is 32.1 Å². The zero-order valence-electron chi connectivity index (χ0n) is 13.5. The minimum absolute atomic E-state index is 0.0560. The third kappa shape index (κ3) is 4.95. The summed E-state index contributed by atoms with van der Waals surface area (Å²) in [6, 6.07) is 0. The van der Waals surface area contributed by atoms with Crippen LogP contribution < -0.4 is 0 Å². The number of esters is 1. The van der Waals surface area contributed by atoms with Crippen LogP contribution >= 0.6 is 22.6 Å². The molecule has 0 saturated heterocycles. The molecule has 0 amide bonds. The summed E-state index contributed by atoms with van der Waals surface area (Å²) in [6.07, 6.45) is 13.1. The highest BCUT2D eigenvalue weighted by molar-refractivity contribution is 14.1. The number of aliphatic hydroxyl groups excluding tert-OH is 1.